The summed E-state index contributed by atoms with van der Waals surface area (Å²) in [4.78, 5) is 0. The predicted molar refractivity (Wildman–Crippen MR) is 73.6 cm³/mol. The number of aliphatic hydroxyl groups is 1. The van der Waals surface area contributed by atoms with E-state index in [2.05, 4.69) is 14.8 Å². The largest absolute Gasteiger partial charge is 0.399 e. The molecule has 0 aromatic carbocycles. The van der Waals surface area contributed by atoms with Gasteiger partial charge in [-0.2, -0.15) is 0 Å². The van der Waals surface area contributed by atoms with Crippen molar-refractivity contribution in [1.82, 2.24) is 0 Å². The van der Waals surface area contributed by atoms with E-state index < -0.39 is 5.50 Å². The van der Waals surface area contributed by atoms with E-state index in [0.717, 1.165) is 23.7 Å². The second kappa shape index (κ2) is 4.29. The van der Waals surface area contributed by atoms with Crippen molar-refractivity contribution >= 4 is 7.85 Å². The predicted octanol–water partition coefficient (Wildman–Crippen LogP) is 2.57. The zero-order valence-corrected chi connectivity index (χ0v) is 11.5. The molecule has 3 aliphatic carbocycles. The highest BCUT2D eigenvalue weighted by atomic mass is 16.3. The first-order valence-electron chi connectivity index (χ1n) is 7.81. The van der Waals surface area contributed by atoms with E-state index in [1.165, 1.54) is 51.4 Å². The molecule has 0 heterocycles. The lowest BCUT2D eigenvalue weighted by molar-refractivity contribution is 0.0183. The highest BCUT2D eigenvalue weighted by Crippen LogP contribution is 2.59. The number of rotatable bonds is 1. The van der Waals surface area contributed by atoms with Crippen molar-refractivity contribution in [2.45, 2.75) is 63.8 Å². The summed E-state index contributed by atoms with van der Waals surface area (Å²) in [5.41, 5.74) is -0.447. The molecule has 3 rings (SSSR count). The van der Waals surface area contributed by atoms with E-state index in [0.29, 0.717) is 5.92 Å². The summed E-state index contributed by atoms with van der Waals surface area (Å²) in [5, 5.41) is 10.6. The Balaban J connectivity index is 1.90. The smallest absolute Gasteiger partial charge is 0.142 e. The van der Waals surface area contributed by atoms with E-state index in [4.69, 9.17) is 0 Å². The van der Waals surface area contributed by atoms with Gasteiger partial charge in [0, 0.05) is 5.50 Å². The second-order valence-corrected chi connectivity index (χ2v) is 7.40. The molecule has 1 N–H and O–H groups in total. The molecule has 0 bridgehead atoms. The van der Waals surface area contributed by atoms with Crippen LogP contribution in [0.5, 0.6) is 0 Å². The van der Waals surface area contributed by atoms with Crippen molar-refractivity contribution in [2.75, 3.05) is 0 Å². The van der Waals surface area contributed by atoms with Crippen LogP contribution in [-0.2, 0) is 0 Å². The third kappa shape index (κ3) is 1.97. The summed E-state index contributed by atoms with van der Waals surface area (Å²) in [6.07, 6.45) is 11.4. The molecule has 3 aliphatic rings. The van der Waals surface area contributed by atoms with Crippen LogP contribution in [-0.4, -0.2) is 18.5 Å². The Morgan fingerprint density at radius 3 is 1.53 bits per heavy atom. The molecule has 0 aromatic heterocycles. The molecular weight excluding hydrogens is 207 g/mol. The minimum absolute atomic E-state index is 0.447. The quantitative estimate of drug-likeness (QED) is 0.691. The molecule has 0 aliphatic heterocycles. The number of fused-ring (bicyclic) bond motifs is 3. The highest BCUT2D eigenvalue weighted by Gasteiger charge is 2.54. The van der Waals surface area contributed by atoms with Crippen LogP contribution in [0.3, 0.4) is 0 Å². The van der Waals surface area contributed by atoms with E-state index in [1.807, 2.05) is 0 Å². The molecule has 5 atom stereocenters. The molecule has 5 unspecified atom stereocenters. The van der Waals surface area contributed by atoms with Crippen LogP contribution >= 0.6 is 0 Å². The molecule has 1 nitrogen and oxygen atoms in total. The molecular formula is C15H27BO. The van der Waals surface area contributed by atoms with E-state index >= 15 is 0 Å². The Hall–Kier alpha value is 0.0249. The first-order valence-corrected chi connectivity index (χ1v) is 7.81. The van der Waals surface area contributed by atoms with Crippen molar-refractivity contribution in [3.8, 4) is 0 Å². The van der Waals surface area contributed by atoms with Crippen molar-refractivity contribution in [2.24, 2.45) is 29.6 Å². The molecule has 3 fully saturated rings. The molecule has 0 aromatic rings. The minimum atomic E-state index is -0.447. The molecule has 2 heteroatoms. The summed E-state index contributed by atoms with van der Waals surface area (Å²) in [6.45, 7) is 2.07. The lowest BCUT2D eigenvalue weighted by Crippen LogP contribution is -2.42. The minimum Gasteiger partial charge on any atom is -0.399 e. The van der Waals surface area contributed by atoms with Gasteiger partial charge in [0.1, 0.15) is 7.85 Å². The van der Waals surface area contributed by atoms with Crippen molar-refractivity contribution in [3.63, 3.8) is 0 Å². The number of hydrogen-bond donors (Lipinski definition) is 1. The van der Waals surface area contributed by atoms with Crippen molar-refractivity contribution in [1.29, 1.82) is 0 Å². The maximum atomic E-state index is 10.6. The van der Waals surface area contributed by atoms with Crippen LogP contribution in [0.1, 0.15) is 58.3 Å². The maximum Gasteiger partial charge on any atom is 0.142 e. The zero-order valence-electron chi connectivity index (χ0n) is 11.5. The maximum absolute atomic E-state index is 10.6. The van der Waals surface area contributed by atoms with Gasteiger partial charge >= 0.3 is 0 Å². The van der Waals surface area contributed by atoms with Gasteiger partial charge in [0.05, 0.1) is 0 Å². The molecule has 17 heavy (non-hydrogen) atoms. The zero-order chi connectivity index (χ0) is 12.0. The molecule has 0 amide bonds. The Morgan fingerprint density at radius 1 is 0.824 bits per heavy atom. The Labute approximate surface area is 107 Å². The van der Waals surface area contributed by atoms with Crippen LogP contribution in [0.2, 0.25) is 0 Å². The van der Waals surface area contributed by atoms with Crippen molar-refractivity contribution < 1.29 is 5.11 Å². The standard InChI is InChI=1S/C15H27BO/c1-15(16,17)14-12-8-4-2-6-10(12)11-7-3-5-9-13(11)14/h10-14,17H,2-9,16H2,1H3. The van der Waals surface area contributed by atoms with Gasteiger partial charge in [0.2, 0.25) is 0 Å². The lowest BCUT2D eigenvalue weighted by atomic mass is 9.62. The van der Waals surface area contributed by atoms with Crippen LogP contribution in [0.4, 0.5) is 0 Å². The summed E-state index contributed by atoms with van der Waals surface area (Å²) in [7, 11) is 2.07. The van der Waals surface area contributed by atoms with Crippen LogP contribution in [0.25, 0.3) is 0 Å². The van der Waals surface area contributed by atoms with Crippen LogP contribution < -0.4 is 0 Å². The Bertz CT molecular complexity index is 261. The van der Waals surface area contributed by atoms with E-state index in [9.17, 15) is 5.11 Å². The highest BCUT2D eigenvalue weighted by molar-refractivity contribution is 6.14. The fraction of sp³-hybridized carbons (Fsp3) is 1.00. The first-order chi connectivity index (χ1) is 8.09. The van der Waals surface area contributed by atoms with Crippen LogP contribution in [0, 0.1) is 29.6 Å². The van der Waals surface area contributed by atoms with Gasteiger partial charge in [-0.1, -0.05) is 25.7 Å². The lowest BCUT2D eigenvalue weighted by Gasteiger charge is -2.38. The SMILES string of the molecule is BC(C)(O)C1C2CCCCC2C2CCCCC21. The van der Waals surface area contributed by atoms with Gasteiger partial charge in [-0.25, -0.2) is 0 Å². The van der Waals surface area contributed by atoms with Gasteiger partial charge in [0.25, 0.3) is 0 Å². The number of hydrogen-bond acceptors (Lipinski definition) is 1. The van der Waals surface area contributed by atoms with Gasteiger partial charge in [0.15, 0.2) is 0 Å². The Morgan fingerprint density at radius 2 is 1.18 bits per heavy atom. The Kier molecular flexibility index (Phi) is 3.05. The third-order valence-corrected chi connectivity index (χ3v) is 6.04. The van der Waals surface area contributed by atoms with Gasteiger partial charge in [-0.05, 0) is 62.2 Å². The van der Waals surface area contributed by atoms with Gasteiger partial charge in [-0.15, -0.1) is 0 Å². The molecule has 0 saturated heterocycles. The first kappa shape index (κ1) is 12.1. The second-order valence-electron chi connectivity index (χ2n) is 7.40. The summed E-state index contributed by atoms with van der Waals surface area (Å²) >= 11 is 0. The topological polar surface area (TPSA) is 20.2 Å². The fourth-order valence-electron chi connectivity index (χ4n) is 5.70. The third-order valence-electron chi connectivity index (χ3n) is 6.04. The summed E-state index contributed by atoms with van der Waals surface area (Å²) in [5.74, 6) is 4.21. The fourth-order valence-corrected chi connectivity index (χ4v) is 5.70. The van der Waals surface area contributed by atoms with Crippen LogP contribution in [0.15, 0.2) is 0 Å². The summed E-state index contributed by atoms with van der Waals surface area (Å²) < 4.78 is 0. The van der Waals surface area contributed by atoms with Crippen molar-refractivity contribution in [3.05, 3.63) is 0 Å². The van der Waals surface area contributed by atoms with E-state index in [1.54, 1.807) is 0 Å². The van der Waals surface area contributed by atoms with Gasteiger partial charge in [-0.3, -0.25) is 0 Å². The average molecular weight is 234 g/mol. The molecule has 0 radical (unpaired) electrons. The molecule has 0 spiro atoms. The van der Waals surface area contributed by atoms with Gasteiger partial charge < -0.3 is 5.11 Å². The normalized spacial score (nSPS) is 49.2. The average Bonchev–Trinajstić information content (AvgIpc) is 2.63. The van der Waals surface area contributed by atoms with E-state index in [-0.39, 0.29) is 0 Å². The monoisotopic (exact) mass is 234 g/mol. The molecule has 3 saturated carbocycles. The molecule has 96 valence electrons. The summed E-state index contributed by atoms with van der Waals surface area (Å²) in [6, 6.07) is 0.